The number of anilines is 1. The maximum atomic E-state index is 12.4. The summed E-state index contributed by atoms with van der Waals surface area (Å²) >= 11 is 0. The first-order valence-electron chi connectivity index (χ1n) is 8.75. The summed E-state index contributed by atoms with van der Waals surface area (Å²) in [5, 5.41) is 19.3. The number of nitrogens with zero attached hydrogens (tertiary/aromatic N) is 7. The average molecular weight is 368 g/mol. The van der Waals surface area contributed by atoms with Gasteiger partial charge in [-0.1, -0.05) is 17.3 Å². The van der Waals surface area contributed by atoms with Crippen LogP contribution in [0.3, 0.4) is 0 Å². The zero-order valence-corrected chi connectivity index (χ0v) is 14.9. The number of nitrogens with one attached hydrogen (secondary N) is 1. The number of aromatic nitrogens is 6. The van der Waals surface area contributed by atoms with Gasteiger partial charge < -0.3 is 15.0 Å². The second-order valence-electron chi connectivity index (χ2n) is 6.17. The Morgan fingerprint density at radius 1 is 1.26 bits per heavy atom. The fourth-order valence-corrected chi connectivity index (χ4v) is 2.87. The molecule has 27 heavy (non-hydrogen) atoms. The molecule has 0 bridgehead atoms. The van der Waals surface area contributed by atoms with Crippen LogP contribution in [0.4, 0.5) is 10.5 Å². The van der Waals surface area contributed by atoms with Crippen LogP contribution in [0.2, 0.25) is 0 Å². The van der Waals surface area contributed by atoms with Crippen molar-refractivity contribution in [1.29, 1.82) is 0 Å². The first kappa shape index (κ1) is 17.0. The van der Waals surface area contributed by atoms with E-state index in [1.165, 1.54) is 0 Å². The molecule has 1 aliphatic heterocycles. The predicted octanol–water partition coefficient (Wildman–Crippen LogP) is 1.41. The largest absolute Gasteiger partial charge is 0.492 e. The summed E-state index contributed by atoms with van der Waals surface area (Å²) in [6.07, 6.45) is 5.11. The number of carbonyl (C=O) groups excluding carboxylic acids is 1. The highest BCUT2D eigenvalue weighted by Crippen LogP contribution is 2.26. The van der Waals surface area contributed by atoms with Gasteiger partial charge in [0, 0.05) is 13.1 Å². The van der Waals surface area contributed by atoms with Gasteiger partial charge >= 0.3 is 6.03 Å². The van der Waals surface area contributed by atoms with E-state index in [-0.39, 0.29) is 12.1 Å². The normalized spacial score (nSPS) is 14.0. The summed E-state index contributed by atoms with van der Waals surface area (Å²) in [6, 6.07) is 7.37. The van der Waals surface area contributed by atoms with Crippen molar-refractivity contribution in [3.63, 3.8) is 0 Å². The van der Waals surface area contributed by atoms with Crippen LogP contribution in [0.25, 0.3) is 0 Å². The number of amides is 2. The Balaban J connectivity index is 1.32. The number of hydrogen-bond acceptors (Lipinski definition) is 6. The molecule has 0 spiro atoms. The van der Waals surface area contributed by atoms with Crippen molar-refractivity contribution in [3.8, 4) is 5.75 Å². The fourth-order valence-electron chi connectivity index (χ4n) is 2.87. The summed E-state index contributed by atoms with van der Waals surface area (Å²) in [5.74, 6) is 0.665. The predicted molar refractivity (Wildman–Crippen MR) is 96.4 cm³/mol. The van der Waals surface area contributed by atoms with Gasteiger partial charge in [-0.25, -0.2) is 9.48 Å². The highest BCUT2D eigenvalue weighted by atomic mass is 16.5. The van der Waals surface area contributed by atoms with Crippen LogP contribution in [-0.4, -0.2) is 60.6 Å². The van der Waals surface area contributed by atoms with Gasteiger partial charge in [0.05, 0.1) is 36.9 Å². The Hall–Kier alpha value is -3.43. The lowest BCUT2D eigenvalue weighted by Gasteiger charge is -2.38. The molecule has 4 rings (SSSR count). The summed E-state index contributed by atoms with van der Waals surface area (Å²) < 4.78 is 7.33. The van der Waals surface area contributed by atoms with E-state index in [0.717, 1.165) is 5.69 Å². The Morgan fingerprint density at radius 2 is 2.04 bits per heavy atom. The lowest BCUT2D eigenvalue weighted by Crippen LogP contribution is -2.52. The molecule has 2 amide bonds. The average Bonchev–Trinajstić information content (AvgIpc) is 3.28. The maximum absolute atomic E-state index is 12.4. The van der Waals surface area contributed by atoms with Gasteiger partial charge in [0.25, 0.3) is 0 Å². The number of likely N-dealkylation sites (tertiary alicyclic amines) is 1. The van der Waals surface area contributed by atoms with E-state index >= 15 is 0 Å². The van der Waals surface area contributed by atoms with Crippen molar-refractivity contribution in [2.24, 2.45) is 0 Å². The molecular formula is C17H20N8O2. The highest BCUT2D eigenvalue weighted by Gasteiger charge is 2.33. The van der Waals surface area contributed by atoms with E-state index in [4.69, 9.17) is 4.74 Å². The van der Waals surface area contributed by atoms with Gasteiger partial charge in [0.2, 0.25) is 0 Å². The van der Waals surface area contributed by atoms with Crippen molar-refractivity contribution >= 4 is 11.7 Å². The van der Waals surface area contributed by atoms with Gasteiger partial charge in [-0.3, -0.25) is 0 Å². The number of urea groups is 1. The fraction of sp³-hybridized carbons (Fsp3) is 0.353. The second-order valence-corrected chi connectivity index (χ2v) is 6.17. The molecular weight excluding hydrogens is 348 g/mol. The molecule has 1 N–H and O–H groups in total. The Morgan fingerprint density at radius 3 is 2.81 bits per heavy atom. The minimum Gasteiger partial charge on any atom is -0.492 e. The molecule has 140 valence electrons. The summed E-state index contributed by atoms with van der Waals surface area (Å²) in [7, 11) is 0. The van der Waals surface area contributed by atoms with Crippen molar-refractivity contribution < 1.29 is 9.53 Å². The van der Waals surface area contributed by atoms with Gasteiger partial charge in [0.15, 0.2) is 0 Å². The molecule has 3 heterocycles. The van der Waals surface area contributed by atoms with Crippen LogP contribution in [0.1, 0.15) is 18.7 Å². The third kappa shape index (κ3) is 3.73. The molecule has 10 heteroatoms. The number of hydrogen-bond donors (Lipinski definition) is 1. The summed E-state index contributed by atoms with van der Waals surface area (Å²) in [5.41, 5.74) is 1.45. The Kier molecular flexibility index (Phi) is 4.69. The molecule has 0 saturated carbocycles. The molecule has 1 fully saturated rings. The van der Waals surface area contributed by atoms with Crippen LogP contribution >= 0.6 is 0 Å². The summed E-state index contributed by atoms with van der Waals surface area (Å²) in [6.45, 7) is 4.07. The number of benzene rings is 1. The van der Waals surface area contributed by atoms with E-state index in [1.54, 1.807) is 26.8 Å². The van der Waals surface area contributed by atoms with Gasteiger partial charge in [0.1, 0.15) is 18.0 Å². The monoisotopic (exact) mass is 368 g/mol. The van der Waals surface area contributed by atoms with E-state index in [1.807, 2.05) is 37.4 Å². The lowest BCUT2D eigenvalue weighted by molar-refractivity contribution is 0.127. The quantitative estimate of drug-likeness (QED) is 0.706. The second kappa shape index (κ2) is 7.44. The molecule has 1 aromatic carbocycles. The molecule has 1 saturated heterocycles. The molecule has 2 aromatic heterocycles. The first-order valence-corrected chi connectivity index (χ1v) is 8.75. The lowest BCUT2D eigenvalue weighted by atomic mass is 10.1. The van der Waals surface area contributed by atoms with Crippen LogP contribution in [0, 0.1) is 0 Å². The zero-order valence-electron chi connectivity index (χ0n) is 14.9. The van der Waals surface area contributed by atoms with E-state index in [9.17, 15) is 4.79 Å². The van der Waals surface area contributed by atoms with E-state index < -0.39 is 0 Å². The number of rotatable bonds is 6. The van der Waals surface area contributed by atoms with Gasteiger partial charge in [-0.05, 0) is 19.1 Å². The molecule has 3 aromatic rings. The minimum absolute atomic E-state index is 0.115. The topological polar surface area (TPSA) is 103 Å². The molecule has 0 aliphatic carbocycles. The number of carbonyl (C=O) groups is 1. The standard InChI is InChI=1S/C17H20N8O2/c1-2-27-16-6-4-3-5-15(16)20-17(26)23-11-14(12-23)24-9-13(21-22-24)10-25-18-7-8-19-25/h3-9,14H,2,10-12H2,1H3,(H,20,26). The van der Waals surface area contributed by atoms with Crippen LogP contribution in [-0.2, 0) is 6.54 Å². The first-order chi connectivity index (χ1) is 13.2. The molecule has 0 atom stereocenters. The Labute approximate surface area is 155 Å². The minimum atomic E-state index is -0.153. The van der Waals surface area contributed by atoms with E-state index in [2.05, 4.69) is 25.8 Å². The number of para-hydroxylation sites is 2. The van der Waals surface area contributed by atoms with Crippen LogP contribution in [0.15, 0.2) is 42.9 Å². The smallest absolute Gasteiger partial charge is 0.322 e. The molecule has 0 radical (unpaired) electrons. The van der Waals surface area contributed by atoms with Crippen molar-refractivity contribution in [3.05, 3.63) is 48.5 Å². The third-order valence-electron chi connectivity index (χ3n) is 4.28. The van der Waals surface area contributed by atoms with Crippen LogP contribution < -0.4 is 10.1 Å². The summed E-state index contributed by atoms with van der Waals surface area (Å²) in [4.78, 5) is 15.7. The maximum Gasteiger partial charge on any atom is 0.322 e. The molecule has 1 aliphatic rings. The Bertz CT molecular complexity index is 901. The van der Waals surface area contributed by atoms with Crippen molar-refractivity contribution in [1.82, 2.24) is 34.9 Å². The zero-order chi connectivity index (χ0) is 18.6. The molecule has 10 nitrogen and oxygen atoms in total. The third-order valence-corrected chi connectivity index (χ3v) is 4.28. The van der Waals surface area contributed by atoms with Crippen LogP contribution in [0.5, 0.6) is 5.75 Å². The SMILES string of the molecule is CCOc1ccccc1NC(=O)N1CC(n2cc(Cn3nccn3)nn2)C1. The molecule has 0 unspecified atom stereocenters. The highest BCUT2D eigenvalue weighted by molar-refractivity contribution is 5.91. The van der Waals surface area contributed by atoms with Crippen molar-refractivity contribution in [2.45, 2.75) is 19.5 Å². The van der Waals surface area contributed by atoms with Gasteiger partial charge in [-0.2, -0.15) is 15.0 Å². The van der Waals surface area contributed by atoms with E-state index in [0.29, 0.717) is 37.7 Å². The van der Waals surface area contributed by atoms with Gasteiger partial charge in [-0.15, -0.1) is 5.10 Å². The number of ether oxygens (including phenoxy) is 1. The van der Waals surface area contributed by atoms with Crippen molar-refractivity contribution in [2.75, 3.05) is 25.0 Å².